The summed E-state index contributed by atoms with van der Waals surface area (Å²) in [6, 6.07) is 4.10. The minimum Gasteiger partial charge on any atom is -0.281 e. The number of benzene rings is 1. The fourth-order valence-electron chi connectivity index (χ4n) is 1.06. The van der Waals surface area contributed by atoms with Crippen LogP contribution in [-0.4, -0.2) is 19.8 Å². The van der Waals surface area contributed by atoms with E-state index in [9.17, 15) is 12.8 Å². The lowest BCUT2D eigenvalue weighted by Crippen LogP contribution is -2.10. The molecule has 0 aliphatic carbocycles. The second-order valence-corrected chi connectivity index (χ2v) is 5.03. The van der Waals surface area contributed by atoms with Crippen LogP contribution in [0.3, 0.4) is 0 Å². The van der Waals surface area contributed by atoms with Crippen LogP contribution in [-0.2, 0) is 16.6 Å². The van der Waals surface area contributed by atoms with E-state index in [4.69, 9.17) is 0 Å². The molecule has 16 heavy (non-hydrogen) atoms. The molecule has 0 amide bonds. The Kier molecular flexibility index (Phi) is 4.12. The van der Waals surface area contributed by atoms with Gasteiger partial charge in [-0.2, -0.15) is 0 Å². The van der Waals surface area contributed by atoms with Crippen LogP contribution in [0.2, 0.25) is 0 Å². The van der Waals surface area contributed by atoms with Crippen molar-refractivity contribution >= 4 is 33.1 Å². The van der Waals surface area contributed by atoms with Crippen molar-refractivity contribution in [1.29, 1.82) is 0 Å². The van der Waals surface area contributed by atoms with Gasteiger partial charge in [-0.05, 0) is 29.9 Å². The van der Waals surface area contributed by atoms with Crippen molar-refractivity contribution in [1.82, 2.24) is 0 Å². The lowest BCUT2D eigenvalue weighted by molar-refractivity contribution is 0.603. The Labute approximate surface area is 98.3 Å². The highest BCUT2D eigenvalue weighted by Crippen LogP contribution is 2.17. The molecule has 7 heteroatoms. The summed E-state index contributed by atoms with van der Waals surface area (Å²) in [6.45, 7) is 0.222. The van der Waals surface area contributed by atoms with E-state index in [1.54, 1.807) is 6.07 Å². The van der Waals surface area contributed by atoms with Gasteiger partial charge < -0.3 is 0 Å². The van der Waals surface area contributed by atoms with E-state index in [0.29, 0.717) is 5.56 Å². The Morgan fingerprint density at radius 3 is 2.75 bits per heavy atom. The van der Waals surface area contributed by atoms with E-state index < -0.39 is 15.8 Å². The molecule has 1 aromatic carbocycles. The van der Waals surface area contributed by atoms with Gasteiger partial charge in [0.2, 0.25) is 10.0 Å². The first-order valence-electron chi connectivity index (χ1n) is 4.22. The van der Waals surface area contributed by atoms with Gasteiger partial charge in [-0.3, -0.25) is 4.72 Å². The molecule has 0 saturated heterocycles. The van der Waals surface area contributed by atoms with Crippen LogP contribution < -0.4 is 4.72 Å². The molecule has 1 rings (SSSR count). The van der Waals surface area contributed by atoms with Gasteiger partial charge >= 0.3 is 0 Å². The molecule has 0 fully saturated rings. The molecule has 0 aliphatic heterocycles. The van der Waals surface area contributed by atoms with Gasteiger partial charge in [-0.25, -0.2) is 17.8 Å². The highest BCUT2D eigenvalue weighted by molar-refractivity contribution is 7.92. The first kappa shape index (κ1) is 12.8. The average molecular weight is 260 g/mol. The maximum absolute atomic E-state index is 13.4. The molecule has 0 heterocycles. The number of anilines is 1. The van der Waals surface area contributed by atoms with Gasteiger partial charge in [0.15, 0.2) is 0 Å². The minimum absolute atomic E-state index is 0.0856. The zero-order chi connectivity index (χ0) is 12.2. The fourth-order valence-corrected chi connectivity index (χ4v) is 1.69. The average Bonchev–Trinajstić information content (AvgIpc) is 2.17. The van der Waals surface area contributed by atoms with Crippen LogP contribution in [0, 0.1) is 5.82 Å². The zero-order valence-corrected chi connectivity index (χ0v) is 10.0. The second kappa shape index (κ2) is 5.16. The Bertz CT molecular complexity index is 536. The highest BCUT2D eigenvalue weighted by Gasteiger charge is 2.07. The Morgan fingerprint density at radius 1 is 1.56 bits per heavy atom. The first-order chi connectivity index (χ1) is 7.42. The molecule has 86 valence electrons. The maximum Gasteiger partial charge on any atom is 0.229 e. The molecule has 0 atom stereocenters. The highest BCUT2D eigenvalue weighted by atomic mass is 32.2. The van der Waals surface area contributed by atoms with Crippen molar-refractivity contribution in [3.63, 3.8) is 0 Å². The Balaban J connectivity index is 2.95. The number of isothiocyanates is 1. The smallest absolute Gasteiger partial charge is 0.229 e. The number of hydrogen-bond acceptors (Lipinski definition) is 4. The standard InChI is InChI=1S/C9H9FN2O2S2/c1-16(13,14)12-9-3-2-7(4-8(9)10)5-11-6-15/h2-4,12H,5H2,1H3. The number of sulfonamides is 1. The van der Waals surface area contributed by atoms with Crippen molar-refractivity contribution < 1.29 is 12.8 Å². The molecule has 0 saturated carbocycles. The van der Waals surface area contributed by atoms with Crippen LogP contribution in [0.5, 0.6) is 0 Å². The van der Waals surface area contributed by atoms with Crippen molar-refractivity contribution in [2.24, 2.45) is 4.99 Å². The van der Waals surface area contributed by atoms with Gasteiger partial charge in [0.25, 0.3) is 0 Å². The largest absolute Gasteiger partial charge is 0.281 e. The van der Waals surface area contributed by atoms with Gasteiger partial charge in [-0.15, -0.1) is 0 Å². The fraction of sp³-hybridized carbons (Fsp3) is 0.222. The number of rotatable bonds is 4. The number of aliphatic imine (C=N–C) groups is 1. The van der Waals surface area contributed by atoms with E-state index >= 15 is 0 Å². The van der Waals surface area contributed by atoms with Crippen molar-refractivity contribution in [3.8, 4) is 0 Å². The van der Waals surface area contributed by atoms with E-state index in [-0.39, 0.29) is 12.2 Å². The summed E-state index contributed by atoms with van der Waals surface area (Å²) in [5.41, 5.74) is 0.506. The maximum atomic E-state index is 13.4. The number of thiocarbonyl (C=S) groups is 1. The molecule has 0 bridgehead atoms. The summed E-state index contributed by atoms with van der Waals surface area (Å²) < 4.78 is 37.2. The predicted molar refractivity (Wildman–Crippen MR) is 63.6 cm³/mol. The molecule has 1 N–H and O–H groups in total. The van der Waals surface area contributed by atoms with E-state index in [2.05, 4.69) is 27.1 Å². The summed E-state index contributed by atoms with van der Waals surface area (Å²) in [7, 11) is -3.47. The minimum atomic E-state index is -3.47. The summed E-state index contributed by atoms with van der Waals surface area (Å²) in [5.74, 6) is -0.650. The van der Waals surface area contributed by atoms with Crippen LogP contribution >= 0.6 is 12.2 Å². The van der Waals surface area contributed by atoms with E-state index in [1.807, 2.05) is 0 Å². The molecular formula is C9H9FN2O2S2. The zero-order valence-electron chi connectivity index (χ0n) is 8.40. The predicted octanol–water partition coefficient (Wildman–Crippen LogP) is 1.80. The molecule has 0 aliphatic rings. The molecule has 0 unspecified atom stereocenters. The third-order valence-corrected chi connectivity index (χ3v) is 2.37. The quantitative estimate of drug-likeness (QED) is 0.663. The van der Waals surface area contributed by atoms with Crippen LogP contribution in [0.15, 0.2) is 23.2 Å². The SMILES string of the molecule is CS(=O)(=O)Nc1ccc(CN=C=S)cc1F. The van der Waals surface area contributed by atoms with Crippen LogP contribution in [0.4, 0.5) is 10.1 Å². The molecular weight excluding hydrogens is 251 g/mol. The number of halogens is 1. The molecule has 4 nitrogen and oxygen atoms in total. The Hall–Kier alpha value is -1.30. The van der Waals surface area contributed by atoms with Crippen molar-refractivity contribution in [2.45, 2.75) is 6.54 Å². The first-order valence-corrected chi connectivity index (χ1v) is 6.52. The topological polar surface area (TPSA) is 58.5 Å². The number of hydrogen-bond donors (Lipinski definition) is 1. The normalized spacial score (nSPS) is 10.6. The van der Waals surface area contributed by atoms with Crippen molar-refractivity contribution in [2.75, 3.05) is 11.0 Å². The van der Waals surface area contributed by atoms with Crippen molar-refractivity contribution in [3.05, 3.63) is 29.6 Å². The molecule has 0 radical (unpaired) electrons. The second-order valence-electron chi connectivity index (χ2n) is 3.10. The summed E-state index contributed by atoms with van der Waals surface area (Å²) in [5, 5.41) is 2.16. The van der Waals surface area contributed by atoms with Gasteiger partial charge in [0.1, 0.15) is 5.82 Å². The molecule has 1 aromatic rings. The lowest BCUT2D eigenvalue weighted by Gasteiger charge is -2.05. The Morgan fingerprint density at radius 2 is 2.25 bits per heavy atom. The monoisotopic (exact) mass is 260 g/mol. The molecule has 0 spiro atoms. The van der Waals surface area contributed by atoms with Crippen LogP contribution in [0.1, 0.15) is 5.56 Å². The third-order valence-electron chi connectivity index (χ3n) is 1.66. The van der Waals surface area contributed by atoms with Gasteiger partial charge in [0.05, 0.1) is 23.6 Å². The van der Waals surface area contributed by atoms with E-state index in [0.717, 1.165) is 6.26 Å². The lowest BCUT2D eigenvalue weighted by atomic mass is 10.2. The number of nitrogens with one attached hydrogen (secondary N) is 1. The molecule has 0 aromatic heterocycles. The van der Waals surface area contributed by atoms with Gasteiger partial charge in [0, 0.05) is 0 Å². The summed E-state index contributed by atoms with van der Waals surface area (Å²) in [4.78, 5) is 3.65. The van der Waals surface area contributed by atoms with Gasteiger partial charge in [-0.1, -0.05) is 6.07 Å². The third kappa shape index (κ3) is 4.06. The summed E-state index contributed by atoms with van der Waals surface area (Å²) in [6.07, 6.45) is 0.955. The van der Waals surface area contributed by atoms with E-state index in [1.165, 1.54) is 12.1 Å². The van der Waals surface area contributed by atoms with Crippen LogP contribution in [0.25, 0.3) is 0 Å². The number of nitrogens with zero attached hydrogens (tertiary/aromatic N) is 1. The summed E-state index contributed by atoms with van der Waals surface area (Å²) >= 11 is 4.38.